The zero-order valence-electron chi connectivity index (χ0n) is 18.2. The van der Waals surface area contributed by atoms with E-state index >= 15 is 0 Å². The van der Waals surface area contributed by atoms with Gasteiger partial charge in [0.05, 0.1) is 23.0 Å². The Morgan fingerprint density at radius 1 is 0.879 bits per heavy atom. The molecule has 0 aromatic heterocycles. The molecule has 0 heterocycles. The number of rotatable bonds is 9. The van der Waals surface area contributed by atoms with Crippen LogP contribution in [0.1, 0.15) is 34.6 Å². The first-order chi connectivity index (χ1) is 15.9. The molecule has 3 N–H and O–H groups in total. The van der Waals surface area contributed by atoms with E-state index in [2.05, 4.69) is 10.6 Å². The summed E-state index contributed by atoms with van der Waals surface area (Å²) in [4.78, 5) is 37.2. The molecule has 1 atom stereocenters. The quantitative estimate of drug-likeness (QED) is 0.378. The lowest BCUT2D eigenvalue weighted by molar-refractivity contribution is -0.115. The number of carboxylic acids is 1. The summed E-state index contributed by atoms with van der Waals surface area (Å²) in [7, 11) is 0. The normalized spacial score (nSPS) is 11.3. The van der Waals surface area contributed by atoms with Gasteiger partial charge in [0.25, 0.3) is 5.91 Å². The Kier molecular flexibility index (Phi) is 8.10. The number of carboxylic acid groups (broad SMARTS) is 1. The molecule has 7 nitrogen and oxygen atoms in total. The summed E-state index contributed by atoms with van der Waals surface area (Å²) >= 11 is 1.39. The maximum absolute atomic E-state index is 12.5. The first-order valence-electron chi connectivity index (χ1n) is 10.3. The van der Waals surface area contributed by atoms with Crippen molar-refractivity contribution in [3.05, 3.63) is 83.9 Å². The SMILES string of the molecule is CCOc1ccc(NC(=O)C(C)Sc2ccc(NC(=O)c3ccccc3C(=O)O)cc2)cc1. The van der Waals surface area contributed by atoms with E-state index in [0.717, 1.165) is 10.6 Å². The molecule has 3 aromatic rings. The summed E-state index contributed by atoms with van der Waals surface area (Å²) in [6, 6.07) is 20.2. The lowest BCUT2D eigenvalue weighted by atomic mass is 10.1. The van der Waals surface area contributed by atoms with Crippen LogP contribution in [-0.4, -0.2) is 34.7 Å². The molecular weight excluding hydrogens is 440 g/mol. The number of benzene rings is 3. The van der Waals surface area contributed by atoms with Crippen molar-refractivity contribution in [1.82, 2.24) is 0 Å². The summed E-state index contributed by atoms with van der Waals surface area (Å²) in [6.45, 7) is 4.30. The van der Waals surface area contributed by atoms with Gasteiger partial charge < -0.3 is 20.5 Å². The van der Waals surface area contributed by atoms with Crippen molar-refractivity contribution in [2.75, 3.05) is 17.2 Å². The Balaban J connectivity index is 1.57. The molecule has 3 aromatic carbocycles. The summed E-state index contributed by atoms with van der Waals surface area (Å²) in [5, 5.41) is 14.5. The van der Waals surface area contributed by atoms with Crippen LogP contribution in [0.4, 0.5) is 11.4 Å². The molecule has 0 saturated heterocycles. The average molecular weight is 465 g/mol. The van der Waals surface area contributed by atoms with Crippen LogP contribution in [0.3, 0.4) is 0 Å². The second-order valence-electron chi connectivity index (χ2n) is 7.04. The van der Waals surface area contributed by atoms with Gasteiger partial charge >= 0.3 is 5.97 Å². The van der Waals surface area contributed by atoms with Crippen LogP contribution in [0.5, 0.6) is 5.75 Å². The highest BCUT2D eigenvalue weighted by Crippen LogP contribution is 2.26. The van der Waals surface area contributed by atoms with E-state index in [0.29, 0.717) is 18.0 Å². The van der Waals surface area contributed by atoms with Crippen molar-refractivity contribution in [2.45, 2.75) is 24.0 Å². The number of hydrogen-bond acceptors (Lipinski definition) is 5. The zero-order valence-corrected chi connectivity index (χ0v) is 19.0. The fraction of sp³-hybridized carbons (Fsp3) is 0.160. The van der Waals surface area contributed by atoms with Crippen molar-refractivity contribution >= 4 is 40.9 Å². The summed E-state index contributed by atoms with van der Waals surface area (Å²) in [5.74, 6) is -1.05. The van der Waals surface area contributed by atoms with Gasteiger partial charge in [0.15, 0.2) is 0 Å². The molecule has 8 heteroatoms. The molecule has 33 heavy (non-hydrogen) atoms. The molecule has 0 spiro atoms. The van der Waals surface area contributed by atoms with Crippen LogP contribution >= 0.6 is 11.8 Å². The van der Waals surface area contributed by atoms with Gasteiger partial charge in [-0.3, -0.25) is 9.59 Å². The first-order valence-corrected chi connectivity index (χ1v) is 11.2. The molecule has 0 fully saturated rings. The van der Waals surface area contributed by atoms with Crippen LogP contribution in [0.15, 0.2) is 77.7 Å². The highest BCUT2D eigenvalue weighted by Gasteiger charge is 2.17. The second-order valence-corrected chi connectivity index (χ2v) is 8.45. The molecular formula is C25H24N2O5S. The van der Waals surface area contributed by atoms with Crippen LogP contribution in [-0.2, 0) is 4.79 Å². The minimum atomic E-state index is -1.16. The number of ether oxygens (including phenoxy) is 1. The summed E-state index contributed by atoms with van der Waals surface area (Å²) in [5.41, 5.74) is 1.24. The Labute approximate surface area is 196 Å². The Morgan fingerprint density at radius 3 is 2.06 bits per heavy atom. The van der Waals surface area contributed by atoms with E-state index in [1.165, 1.54) is 23.9 Å². The van der Waals surface area contributed by atoms with Crippen LogP contribution in [0.25, 0.3) is 0 Å². The molecule has 0 aliphatic carbocycles. The molecule has 0 aliphatic rings. The third-order valence-electron chi connectivity index (χ3n) is 4.63. The molecule has 1 unspecified atom stereocenters. The number of carbonyl (C=O) groups excluding carboxylic acids is 2. The molecule has 0 radical (unpaired) electrons. The molecule has 2 amide bonds. The van der Waals surface area contributed by atoms with Gasteiger partial charge in [-0.05, 0) is 74.5 Å². The Hall–Kier alpha value is -3.78. The number of amides is 2. The van der Waals surface area contributed by atoms with Gasteiger partial charge in [0, 0.05) is 16.3 Å². The number of aromatic carboxylic acids is 1. The molecule has 0 saturated carbocycles. The zero-order chi connectivity index (χ0) is 23.8. The highest BCUT2D eigenvalue weighted by atomic mass is 32.2. The maximum Gasteiger partial charge on any atom is 0.336 e. The maximum atomic E-state index is 12.5. The van der Waals surface area contributed by atoms with Crippen LogP contribution in [0.2, 0.25) is 0 Å². The molecule has 170 valence electrons. The number of hydrogen-bond donors (Lipinski definition) is 3. The molecule has 3 rings (SSSR count). The predicted octanol–water partition coefficient (Wildman–Crippen LogP) is 5.16. The summed E-state index contributed by atoms with van der Waals surface area (Å²) in [6.07, 6.45) is 0. The predicted molar refractivity (Wildman–Crippen MR) is 129 cm³/mol. The number of anilines is 2. The minimum Gasteiger partial charge on any atom is -0.494 e. The van der Waals surface area contributed by atoms with E-state index in [-0.39, 0.29) is 22.3 Å². The van der Waals surface area contributed by atoms with E-state index in [9.17, 15) is 19.5 Å². The average Bonchev–Trinajstić information content (AvgIpc) is 2.81. The van der Waals surface area contributed by atoms with Gasteiger partial charge in [-0.2, -0.15) is 0 Å². The van der Waals surface area contributed by atoms with E-state index in [1.807, 2.05) is 13.8 Å². The third kappa shape index (κ3) is 6.60. The van der Waals surface area contributed by atoms with E-state index in [4.69, 9.17) is 4.74 Å². The van der Waals surface area contributed by atoms with Crippen LogP contribution in [0, 0.1) is 0 Å². The van der Waals surface area contributed by atoms with Crippen molar-refractivity contribution in [3.63, 3.8) is 0 Å². The monoisotopic (exact) mass is 464 g/mol. The van der Waals surface area contributed by atoms with Gasteiger partial charge in [-0.25, -0.2) is 4.79 Å². The lowest BCUT2D eigenvalue weighted by Crippen LogP contribution is -2.22. The summed E-state index contributed by atoms with van der Waals surface area (Å²) < 4.78 is 5.40. The van der Waals surface area contributed by atoms with Crippen molar-refractivity contribution in [3.8, 4) is 5.75 Å². The topological polar surface area (TPSA) is 105 Å². The van der Waals surface area contributed by atoms with Crippen molar-refractivity contribution in [2.24, 2.45) is 0 Å². The minimum absolute atomic E-state index is 0.0606. The van der Waals surface area contributed by atoms with Gasteiger partial charge in [0.1, 0.15) is 5.75 Å². The molecule has 0 bridgehead atoms. The Bertz CT molecular complexity index is 1130. The van der Waals surface area contributed by atoms with Crippen molar-refractivity contribution in [1.29, 1.82) is 0 Å². The number of nitrogens with one attached hydrogen (secondary N) is 2. The number of carbonyl (C=O) groups is 3. The third-order valence-corrected chi connectivity index (χ3v) is 5.74. The van der Waals surface area contributed by atoms with Crippen LogP contribution < -0.4 is 15.4 Å². The Morgan fingerprint density at radius 2 is 1.45 bits per heavy atom. The van der Waals surface area contributed by atoms with E-state index < -0.39 is 11.9 Å². The van der Waals surface area contributed by atoms with Gasteiger partial charge in [-0.1, -0.05) is 12.1 Å². The second kappa shape index (κ2) is 11.2. The molecule has 0 aliphatic heterocycles. The fourth-order valence-electron chi connectivity index (χ4n) is 2.99. The number of thioether (sulfide) groups is 1. The highest BCUT2D eigenvalue weighted by molar-refractivity contribution is 8.00. The largest absolute Gasteiger partial charge is 0.494 e. The van der Waals surface area contributed by atoms with Crippen molar-refractivity contribution < 1.29 is 24.2 Å². The van der Waals surface area contributed by atoms with Gasteiger partial charge in [0.2, 0.25) is 5.91 Å². The smallest absolute Gasteiger partial charge is 0.336 e. The van der Waals surface area contributed by atoms with E-state index in [1.54, 1.807) is 60.7 Å². The lowest BCUT2D eigenvalue weighted by Gasteiger charge is -2.13. The fourth-order valence-corrected chi connectivity index (χ4v) is 3.85. The standard InChI is InChI=1S/C25H24N2O5S/c1-3-32-19-12-8-17(9-13-19)26-23(28)16(2)33-20-14-10-18(11-15-20)27-24(29)21-6-4-5-7-22(21)25(30)31/h4-16H,3H2,1-2H3,(H,26,28)(H,27,29)(H,30,31). The first kappa shape index (κ1) is 23.9. The van der Waals surface area contributed by atoms with Gasteiger partial charge in [-0.15, -0.1) is 11.8 Å².